The van der Waals surface area contributed by atoms with Gasteiger partial charge in [-0.15, -0.1) is 8.78 Å². The number of amides is 1. The largest absolute Gasteiger partial charge is 0.487 e. The first-order valence-corrected chi connectivity index (χ1v) is 8.45. The molecule has 5 nitrogen and oxygen atoms in total. The summed E-state index contributed by atoms with van der Waals surface area (Å²) < 4.78 is 31.8. The Kier molecular flexibility index (Phi) is 5.24. The third-order valence-electron chi connectivity index (χ3n) is 3.28. The number of halogens is 4. The molecule has 3 aromatic rings. The first-order valence-electron chi connectivity index (χ1n) is 7.28. The van der Waals surface area contributed by atoms with E-state index in [1.165, 1.54) is 30.5 Å². The molecule has 3 rings (SSSR count). The SMILES string of the molecule is O=C(Nc1ccc(OC(F)(F)Cl)cc1)c1cnc(-n2cccc2)c(Br)c1. The standard InChI is InChI=1S/C17H11BrClF2N3O2/c18-14-9-11(10-22-15(14)24-7-1-2-8-24)16(25)23-12-3-5-13(6-4-12)26-17(19,20)21/h1-10H,(H,23,25). The van der Waals surface area contributed by atoms with Gasteiger partial charge in [0.25, 0.3) is 5.91 Å². The molecule has 1 N–H and O–H groups in total. The highest BCUT2D eigenvalue weighted by atomic mass is 79.9. The highest BCUT2D eigenvalue weighted by Crippen LogP contribution is 2.26. The van der Waals surface area contributed by atoms with Crippen LogP contribution in [0.15, 0.2) is 65.5 Å². The zero-order valence-electron chi connectivity index (χ0n) is 13.0. The van der Waals surface area contributed by atoms with Crippen LogP contribution in [0.3, 0.4) is 0 Å². The van der Waals surface area contributed by atoms with E-state index in [1.54, 1.807) is 10.6 Å². The second kappa shape index (κ2) is 7.43. The first kappa shape index (κ1) is 18.3. The van der Waals surface area contributed by atoms with Gasteiger partial charge in [0.1, 0.15) is 5.75 Å². The molecule has 0 fully saturated rings. The molecule has 0 bridgehead atoms. The van der Waals surface area contributed by atoms with Crippen molar-refractivity contribution in [2.45, 2.75) is 5.57 Å². The lowest BCUT2D eigenvalue weighted by molar-refractivity contribution is -0.0964. The maximum atomic E-state index is 12.6. The molecule has 0 aliphatic rings. The average molecular weight is 443 g/mol. The highest BCUT2D eigenvalue weighted by molar-refractivity contribution is 9.10. The van der Waals surface area contributed by atoms with Gasteiger partial charge in [-0.25, -0.2) is 4.98 Å². The molecule has 2 aromatic heterocycles. The van der Waals surface area contributed by atoms with Crippen LogP contribution in [0.2, 0.25) is 0 Å². The Balaban J connectivity index is 1.71. The van der Waals surface area contributed by atoms with Crippen LogP contribution in [-0.4, -0.2) is 21.0 Å². The zero-order chi connectivity index (χ0) is 18.7. The number of ether oxygens (including phenoxy) is 1. The summed E-state index contributed by atoms with van der Waals surface area (Å²) in [5.41, 5.74) is -3.05. The van der Waals surface area contributed by atoms with E-state index in [-0.39, 0.29) is 5.75 Å². The van der Waals surface area contributed by atoms with Crippen molar-refractivity contribution in [1.82, 2.24) is 9.55 Å². The van der Waals surface area contributed by atoms with E-state index in [9.17, 15) is 13.6 Å². The number of anilines is 1. The monoisotopic (exact) mass is 441 g/mol. The fraction of sp³-hybridized carbons (Fsp3) is 0.0588. The Morgan fingerprint density at radius 2 is 1.88 bits per heavy atom. The summed E-state index contributed by atoms with van der Waals surface area (Å²) in [5, 5.41) is 2.65. The van der Waals surface area contributed by atoms with Gasteiger partial charge >= 0.3 is 5.57 Å². The van der Waals surface area contributed by atoms with Crippen molar-refractivity contribution in [3.63, 3.8) is 0 Å². The van der Waals surface area contributed by atoms with Crippen molar-refractivity contribution in [1.29, 1.82) is 0 Å². The summed E-state index contributed by atoms with van der Waals surface area (Å²) in [6.07, 6.45) is 5.11. The Labute approximate surface area is 160 Å². The van der Waals surface area contributed by atoms with Gasteiger partial charge in [0.15, 0.2) is 5.82 Å². The molecule has 0 saturated heterocycles. The van der Waals surface area contributed by atoms with Crippen molar-refractivity contribution in [2.75, 3.05) is 5.32 Å². The quantitative estimate of drug-likeness (QED) is 0.562. The number of rotatable bonds is 5. The van der Waals surface area contributed by atoms with E-state index in [0.29, 0.717) is 21.5 Å². The van der Waals surface area contributed by atoms with E-state index in [4.69, 9.17) is 11.6 Å². The minimum Gasteiger partial charge on any atom is -0.420 e. The summed E-state index contributed by atoms with van der Waals surface area (Å²) in [6.45, 7) is 0. The third-order valence-corrected chi connectivity index (χ3v) is 3.94. The number of aromatic nitrogens is 2. The molecule has 9 heteroatoms. The van der Waals surface area contributed by atoms with Gasteiger partial charge in [0, 0.05) is 35.9 Å². The number of nitrogens with zero attached hydrogens (tertiary/aromatic N) is 2. The molecule has 0 spiro atoms. The molecule has 0 radical (unpaired) electrons. The van der Waals surface area contributed by atoms with Crippen molar-refractivity contribution in [2.24, 2.45) is 0 Å². The average Bonchev–Trinajstić information content (AvgIpc) is 3.09. The Bertz CT molecular complexity index is 913. The minimum absolute atomic E-state index is 0.122. The van der Waals surface area contributed by atoms with Crippen LogP contribution in [0.5, 0.6) is 5.75 Å². The van der Waals surface area contributed by atoms with Gasteiger partial charge < -0.3 is 14.6 Å². The Hall–Kier alpha value is -2.45. The lowest BCUT2D eigenvalue weighted by Gasteiger charge is -2.11. The number of hydrogen-bond acceptors (Lipinski definition) is 3. The van der Waals surface area contributed by atoms with E-state index in [2.05, 4.69) is 31.0 Å². The van der Waals surface area contributed by atoms with Gasteiger partial charge in [0.05, 0.1) is 10.0 Å². The summed E-state index contributed by atoms with van der Waals surface area (Å²) in [6, 6.07) is 10.8. The van der Waals surface area contributed by atoms with Crippen molar-refractivity contribution >= 4 is 39.1 Å². The van der Waals surface area contributed by atoms with Crippen LogP contribution in [0, 0.1) is 0 Å². The Morgan fingerprint density at radius 3 is 2.46 bits per heavy atom. The molecular weight excluding hydrogens is 432 g/mol. The van der Waals surface area contributed by atoms with Gasteiger partial charge in [-0.05, 0) is 58.4 Å². The molecule has 0 atom stereocenters. The Morgan fingerprint density at radius 1 is 1.23 bits per heavy atom. The maximum Gasteiger partial charge on any atom is 0.487 e. The van der Waals surface area contributed by atoms with Crippen LogP contribution in [-0.2, 0) is 0 Å². The van der Waals surface area contributed by atoms with Crippen LogP contribution >= 0.6 is 27.5 Å². The second-order valence-electron chi connectivity index (χ2n) is 5.15. The van der Waals surface area contributed by atoms with Gasteiger partial charge in [-0.1, -0.05) is 0 Å². The molecule has 1 aromatic carbocycles. The van der Waals surface area contributed by atoms with Gasteiger partial charge in [-0.2, -0.15) is 0 Å². The molecule has 134 valence electrons. The van der Waals surface area contributed by atoms with E-state index >= 15 is 0 Å². The number of benzene rings is 1. The van der Waals surface area contributed by atoms with Crippen LogP contribution in [0.25, 0.3) is 5.82 Å². The normalized spacial score (nSPS) is 11.2. The van der Waals surface area contributed by atoms with E-state index in [1.807, 2.05) is 24.5 Å². The number of nitrogens with one attached hydrogen (secondary N) is 1. The first-order chi connectivity index (χ1) is 12.3. The molecule has 1 amide bonds. The third kappa shape index (κ3) is 4.59. The zero-order valence-corrected chi connectivity index (χ0v) is 15.3. The van der Waals surface area contributed by atoms with Crippen molar-refractivity contribution in [3.8, 4) is 11.6 Å². The number of alkyl halides is 3. The predicted octanol–water partition coefficient (Wildman–Crippen LogP) is 5.06. The topological polar surface area (TPSA) is 56.1 Å². The molecule has 0 aliphatic heterocycles. The summed E-state index contributed by atoms with van der Waals surface area (Å²) in [4.78, 5) is 16.6. The summed E-state index contributed by atoms with van der Waals surface area (Å²) in [5.74, 6) is 0.132. The summed E-state index contributed by atoms with van der Waals surface area (Å²) >= 11 is 8.09. The number of hydrogen-bond donors (Lipinski definition) is 1. The van der Waals surface area contributed by atoms with Crippen molar-refractivity contribution < 1.29 is 18.3 Å². The number of carbonyl (C=O) groups is 1. The van der Waals surface area contributed by atoms with Crippen LogP contribution < -0.4 is 10.1 Å². The molecule has 26 heavy (non-hydrogen) atoms. The number of pyridine rings is 1. The number of carbonyl (C=O) groups excluding carboxylic acids is 1. The van der Waals surface area contributed by atoms with Crippen molar-refractivity contribution in [3.05, 3.63) is 71.1 Å². The van der Waals surface area contributed by atoms with Crippen LogP contribution in [0.1, 0.15) is 10.4 Å². The molecule has 0 unspecified atom stereocenters. The minimum atomic E-state index is -3.79. The molecule has 0 saturated carbocycles. The lowest BCUT2D eigenvalue weighted by atomic mass is 10.2. The molecule has 0 aliphatic carbocycles. The van der Waals surface area contributed by atoms with Gasteiger partial charge in [0.2, 0.25) is 0 Å². The lowest BCUT2D eigenvalue weighted by Crippen LogP contribution is -2.16. The molecular formula is C17H11BrClF2N3O2. The smallest absolute Gasteiger partial charge is 0.420 e. The van der Waals surface area contributed by atoms with Gasteiger partial charge in [-0.3, -0.25) is 4.79 Å². The van der Waals surface area contributed by atoms with Crippen LogP contribution in [0.4, 0.5) is 14.5 Å². The molecule has 2 heterocycles. The fourth-order valence-electron chi connectivity index (χ4n) is 2.16. The highest BCUT2D eigenvalue weighted by Gasteiger charge is 2.27. The fourth-order valence-corrected chi connectivity index (χ4v) is 2.81. The maximum absolute atomic E-state index is 12.6. The summed E-state index contributed by atoms with van der Waals surface area (Å²) in [7, 11) is 0. The van der Waals surface area contributed by atoms with E-state index < -0.39 is 11.5 Å². The second-order valence-corrected chi connectivity index (χ2v) is 6.44. The predicted molar refractivity (Wildman–Crippen MR) is 97.1 cm³/mol. The van der Waals surface area contributed by atoms with E-state index in [0.717, 1.165) is 0 Å².